The van der Waals surface area contributed by atoms with Gasteiger partial charge in [0.1, 0.15) is 0 Å². The molecule has 0 unspecified atom stereocenters. The molecule has 96 valence electrons. The number of hydrogen-bond donors (Lipinski definition) is 0. The van der Waals surface area contributed by atoms with Gasteiger partial charge in [-0.2, -0.15) is 0 Å². The number of hydrogen-bond acceptors (Lipinski definition) is 3. The maximum absolute atomic E-state index is 12.2. The molecular weight excluding hydrogens is 238 g/mol. The first-order valence-electron chi connectivity index (χ1n) is 5.95. The molecule has 0 spiro atoms. The average molecular weight is 253 g/mol. The van der Waals surface area contributed by atoms with E-state index in [0.29, 0.717) is 11.1 Å². The molecule has 0 aliphatic rings. The quantitative estimate of drug-likeness (QED) is 0.475. The molecule has 0 saturated carbocycles. The molecule has 0 N–H and O–H groups in total. The molecule has 4 heteroatoms. The molecule has 0 saturated heterocycles. The summed E-state index contributed by atoms with van der Waals surface area (Å²) in [6, 6.07) is 16.3. The van der Waals surface area contributed by atoms with Crippen LogP contribution in [0.1, 0.15) is 15.9 Å². The van der Waals surface area contributed by atoms with Gasteiger partial charge in [0.15, 0.2) is 5.78 Å². The van der Waals surface area contributed by atoms with E-state index in [-0.39, 0.29) is 5.78 Å². The van der Waals surface area contributed by atoms with Gasteiger partial charge in [-0.3, -0.25) is 9.80 Å². The predicted octanol–water partition coefficient (Wildman–Crippen LogP) is 3.48. The van der Waals surface area contributed by atoms with Crippen LogP contribution in [0.4, 0.5) is 5.69 Å². The Morgan fingerprint density at radius 2 is 1.47 bits per heavy atom. The van der Waals surface area contributed by atoms with Crippen molar-refractivity contribution >= 4 is 11.5 Å². The van der Waals surface area contributed by atoms with Crippen molar-refractivity contribution in [2.24, 2.45) is 10.3 Å². The third-order valence-electron chi connectivity index (χ3n) is 2.50. The fraction of sp³-hybridized carbons (Fsp3) is 0.133. The number of ketones is 1. The minimum Gasteiger partial charge on any atom is -0.289 e. The van der Waals surface area contributed by atoms with Crippen molar-refractivity contribution in [1.82, 2.24) is 5.01 Å². The molecule has 0 aromatic heterocycles. The van der Waals surface area contributed by atoms with Crippen LogP contribution >= 0.6 is 0 Å². The number of carbonyl (C=O) groups excluding carboxylic acids is 1. The minimum absolute atomic E-state index is 0.0108. The number of nitrogens with zero attached hydrogens (tertiary/aromatic N) is 3. The fourth-order valence-electron chi connectivity index (χ4n) is 1.58. The molecule has 19 heavy (non-hydrogen) atoms. The normalized spacial score (nSPS) is 10.6. The van der Waals surface area contributed by atoms with Gasteiger partial charge >= 0.3 is 0 Å². The van der Waals surface area contributed by atoms with Crippen LogP contribution < -0.4 is 0 Å². The van der Waals surface area contributed by atoms with Gasteiger partial charge in [0.05, 0.1) is 5.69 Å². The van der Waals surface area contributed by atoms with Gasteiger partial charge in [0, 0.05) is 25.2 Å². The van der Waals surface area contributed by atoms with E-state index in [1.807, 2.05) is 30.3 Å². The van der Waals surface area contributed by atoms with E-state index >= 15 is 0 Å². The highest BCUT2D eigenvalue weighted by atomic mass is 16.1. The fourth-order valence-corrected chi connectivity index (χ4v) is 1.58. The summed E-state index contributed by atoms with van der Waals surface area (Å²) in [5.74, 6) is 0.0108. The highest BCUT2D eigenvalue weighted by Crippen LogP contribution is 2.16. The van der Waals surface area contributed by atoms with Gasteiger partial charge < -0.3 is 0 Å². The maximum Gasteiger partial charge on any atom is 0.193 e. The minimum atomic E-state index is 0.0108. The summed E-state index contributed by atoms with van der Waals surface area (Å²) < 4.78 is 0. The molecule has 2 aromatic carbocycles. The summed E-state index contributed by atoms with van der Waals surface area (Å²) in [4.78, 5) is 12.2. The van der Waals surface area contributed by atoms with Crippen molar-refractivity contribution < 1.29 is 4.79 Å². The lowest BCUT2D eigenvalue weighted by Crippen LogP contribution is -2.00. The van der Waals surface area contributed by atoms with Crippen LogP contribution in [0.2, 0.25) is 0 Å². The Morgan fingerprint density at radius 3 is 2.05 bits per heavy atom. The molecule has 0 heterocycles. The average Bonchev–Trinajstić information content (AvgIpc) is 2.46. The molecule has 0 aliphatic carbocycles. The van der Waals surface area contributed by atoms with E-state index in [1.54, 1.807) is 43.4 Å². The number of carbonyl (C=O) groups is 1. The summed E-state index contributed by atoms with van der Waals surface area (Å²) in [6.45, 7) is 0. The first-order chi connectivity index (χ1) is 9.16. The third kappa shape index (κ3) is 3.48. The Hall–Kier alpha value is -2.49. The molecule has 0 aliphatic heterocycles. The summed E-state index contributed by atoms with van der Waals surface area (Å²) in [5.41, 5.74) is 2.05. The summed E-state index contributed by atoms with van der Waals surface area (Å²) in [5, 5.41) is 9.53. The van der Waals surface area contributed by atoms with E-state index in [2.05, 4.69) is 10.3 Å². The van der Waals surface area contributed by atoms with Crippen LogP contribution in [-0.2, 0) is 0 Å². The summed E-state index contributed by atoms with van der Waals surface area (Å²) in [7, 11) is 3.60. The van der Waals surface area contributed by atoms with Crippen molar-refractivity contribution in [2.45, 2.75) is 0 Å². The second-order valence-corrected chi connectivity index (χ2v) is 4.28. The van der Waals surface area contributed by atoms with Gasteiger partial charge in [-0.05, 0) is 24.3 Å². The van der Waals surface area contributed by atoms with Crippen molar-refractivity contribution in [3.63, 3.8) is 0 Å². The molecular formula is C15H15N3O. The van der Waals surface area contributed by atoms with Crippen LogP contribution in [0.25, 0.3) is 0 Å². The molecule has 2 rings (SSSR count). The van der Waals surface area contributed by atoms with Crippen LogP contribution in [0, 0.1) is 0 Å². The highest BCUT2D eigenvalue weighted by molar-refractivity contribution is 6.09. The van der Waals surface area contributed by atoms with Gasteiger partial charge in [0.2, 0.25) is 0 Å². The Kier molecular flexibility index (Phi) is 4.03. The second-order valence-electron chi connectivity index (χ2n) is 4.28. The lowest BCUT2D eigenvalue weighted by Gasteiger charge is -2.02. The third-order valence-corrected chi connectivity index (χ3v) is 2.50. The molecule has 2 aromatic rings. The van der Waals surface area contributed by atoms with Gasteiger partial charge in [-0.25, -0.2) is 0 Å². The molecule has 0 amide bonds. The van der Waals surface area contributed by atoms with Gasteiger partial charge in [-0.15, -0.1) is 5.11 Å². The Bertz CT molecular complexity index is 574. The first-order valence-corrected chi connectivity index (χ1v) is 5.95. The first kappa shape index (κ1) is 13.0. The van der Waals surface area contributed by atoms with Crippen molar-refractivity contribution in [3.8, 4) is 0 Å². The lowest BCUT2D eigenvalue weighted by atomic mass is 10.0. The SMILES string of the molecule is CN(C)/N=N/c1ccc(C(=O)c2ccccc2)cc1. The zero-order chi connectivity index (χ0) is 13.7. The Balaban J connectivity index is 2.17. The van der Waals surface area contributed by atoms with Crippen LogP contribution in [0.3, 0.4) is 0 Å². The molecule has 0 radical (unpaired) electrons. The maximum atomic E-state index is 12.2. The largest absolute Gasteiger partial charge is 0.289 e. The zero-order valence-electron chi connectivity index (χ0n) is 10.9. The molecule has 0 atom stereocenters. The lowest BCUT2D eigenvalue weighted by molar-refractivity contribution is 0.103. The smallest absolute Gasteiger partial charge is 0.193 e. The van der Waals surface area contributed by atoms with E-state index in [4.69, 9.17) is 0 Å². The van der Waals surface area contributed by atoms with E-state index in [9.17, 15) is 4.79 Å². The Morgan fingerprint density at radius 1 is 0.895 bits per heavy atom. The van der Waals surface area contributed by atoms with Gasteiger partial charge in [0.25, 0.3) is 0 Å². The van der Waals surface area contributed by atoms with Crippen LogP contribution in [0.5, 0.6) is 0 Å². The zero-order valence-corrected chi connectivity index (χ0v) is 10.9. The van der Waals surface area contributed by atoms with E-state index < -0.39 is 0 Å². The Labute approximate surface area is 112 Å². The number of benzene rings is 2. The van der Waals surface area contributed by atoms with Crippen LogP contribution in [-0.4, -0.2) is 24.9 Å². The topological polar surface area (TPSA) is 45.0 Å². The second kappa shape index (κ2) is 5.91. The van der Waals surface area contributed by atoms with Crippen molar-refractivity contribution in [1.29, 1.82) is 0 Å². The molecule has 0 fully saturated rings. The van der Waals surface area contributed by atoms with Crippen molar-refractivity contribution in [3.05, 3.63) is 65.7 Å². The van der Waals surface area contributed by atoms with E-state index in [1.165, 1.54) is 0 Å². The van der Waals surface area contributed by atoms with Crippen molar-refractivity contribution in [2.75, 3.05) is 14.1 Å². The van der Waals surface area contributed by atoms with Gasteiger partial charge in [-0.1, -0.05) is 35.6 Å². The van der Waals surface area contributed by atoms with E-state index in [0.717, 1.165) is 5.69 Å². The van der Waals surface area contributed by atoms with Crippen LogP contribution in [0.15, 0.2) is 64.9 Å². The molecule has 4 nitrogen and oxygen atoms in total. The highest BCUT2D eigenvalue weighted by Gasteiger charge is 2.07. The standard InChI is InChI=1S/C15H15N3O/c1-18(2)17-16-14-10-8-13(9-11-14)15(19)12-6-4-3-5-7-12/h3-11H,1-2H3/b17-16+. The summed E-state index contributed by atoms with van der Waals surface area (Å²) in [6.07, 6.45) is 0. The number of rotatable bonds is 4. The molecule has 0 bridgehead atoms. The predicted molar refractivity (Wildman–Crippen MR) is 74.5 cm³/mol. The monoisotopic (exact) mass is 253 g/mol. The summed E-state index contributed by atoms with van der Waals surface area (Å²) >= 11 is 0.